The fourth-order valence-corrected chi connectivity index (χ4v) is 1.73. The van der Waals surface area contributed by atoms with E-state index in [1.165, 1.54) is 18.5 Å². The topological polar surface area (TPSA) is 39.9 Å². The second-order valence-corrected chi connectivity index (χ2v) is 4.12. The van der Waals surface area contributed by atoms with E-state index in [4.69, 9.17) is 16.3 Å². The Morgan fingerprint density at radius 2 is 2.30 bits per heavy atom. The third-order valence-corrected chi connectivity index (χ3v) is 2.72. The molecule has 0 unspecified atom stereocenters. The van der Waals surface area contributed by atoms with Crippen molar-refractivity contribution < 1.29 is 9.13 Å². The van der Waals surface area contributed by atoms with Crippen LogP contribution in [0.1, 0.15) is 18.3 Å². The van der Waals surface area contributed by atoms with Crippen LogP contribution >= 0.6 is 11.6 Å². The molecule has 1 aromatic carbocycles. The average Bonchev–Trinajstić information content (AvgIpc) is 2.91. The molecule has 1 heterocycles. The molecule has 0 spiro atoms. The van der Waals surface area contributed by atoms with Gasteiger partial charge in [0.05, 0.1) is 11.4 Å². The summed E-state index contributed by atoms with van der Waals surface area (Å²) in [6.45, 7) is 2.92. The zero-order valence-electron chi connectivity index (χ0n) is 10.9. The predicted molar refractivity (Wildman–Crippen MR) is 74.0 cm³/mol. The molecule has 0 aliphatic heterocycles. The average molecular weight is 294 g/mol. The number of nitrogens with zero attached hydrogens (tertiary/aromatic N) is 3. The molecule has 2 rings (SSSR count). The van der Waals surface area contributed by atoms with E-state index in [0.29, 0.717) is 23.7 Å². The minimum Gasteiger partial charge on any atom is -0.484 e. The molecule has 20 heavy (non-hydrogen) atoms. The lowest BCUT2D eigenvalue weighted by Crippen LogP contribution is -2.07. The van der Waals surface area contributed by atoms with E-state index in [1.54, 1.807) is 10.7 Å². The summed E-state index contributed by atoms with van der Waals surface area (Å²) in [6, 6.07) is 4.19. The summed E-state index contributed by atoms with van der Waals surface area (Å²) in [7, 11) is 0. The van der Waals surface area contributed by atoms with Crippen LogP contribution in [0.4, 0.5) is 4.39 Å². The smallest absolute Gasteiger partial charge is 0.164 e. The molecule has 0 amide bonds. The van der Waals surface area contributed by atoms with Gasteiger partial charge in [-0.05, 0) is 25.1 Å². The van der Waals surface area contributed by atoms with Gasteiger partial charge in [-0.1, -0.05) is 11.8 Å². The zero-order valence-corrected chi connectivity index (χ0v) is 11.7. The SMILES string of the molecule is CCn1ncnc1COc1ccc(F)cc1C#CCCl. The van der Waals surface area contributed by atoms with Gasteiger partial charge in [-0.25, -0.2) is 14.1 Å². The molecule has 0 aliphatic carbocycles. The molecule has 0 aliphatic rings. The number of halogens is 2. The molecular formula is C14H13ClFN3O. The Morgan fingerprint density at radius 3 is 3.05 bits per heavy atom. The Morgan fingerprint density at radius 1 is 1.45 bits per heavy atom. The fraction of sp³-hybridized carbons (Fsp3) is 0.286. The zero-order chi connectivity index (χ0) is 14.4. The first kappa shape index (κ1) is 14.4. The van der Waals surface area contributed by atoms with Crippen LogP contribution in [0.3, 0.4) is 0 Å². The Balaban J connectivity index is 2.17. The van der Waals surface area contributed by atoms with Crippen LogP contribution in [0, 0.1) is 17.7 Å². The Kier molecular flexibility index (Phi) is 4.97. The maximum atomic E-state index is 13.2. The normalized spacial score (nSPS) is 9.95. The Hall–Kier alpha value is -2.06. The highest BCUT2D eigenvalue weighted by molar-refractivity contribution is 6.19. The van der Waals surface area contributed by atoms with Crippen molar-refractivity contribution in [2.45, 2.75) is 20.1 Å². The third kappa shape index (κ3) is 3.49. The van der Waals surface area contributed by atoms with Gasteiger partial charge in [-0.2, -0.15) is 5.10 Å². The van der Waals surface area contributed by atoms with Crippen molar-refractivity contribution in [3.05, 3.63) is 41.7 Å². The van der Waals surface area contributed by atoms with Gasteiger partial charge < -0.3 is 4.74 Å². The van der Waals surface area contributed by atoms with Crippen molar-refractivity contribution in [3.8, 4) is 17.6 Å². The van der Waals surface area contributed by atoms with E-state index in [2.05, 4.69) is 21.9 Å². The van der Waals surface area contributed by atoms with E-state index in [1.807, 2.05) is 6.92 Å². The first-order chi connectivity index (χ1) is 9.74. The van der Waals surface area contributed by atoms with Gasteiger partial charge in [0.25, 0.3) is 0 Å². The highest BCUT2D eigenvalue weighted by Crippen LogP contribution is 2.19. The molecule has 0 saturated heterocycles. The van der Waals surface area contributed by atoms with Gasteiger partial charge >= 0.3 is 0 Å². The number of ether oxygens (including phenoxy) is 1. The van der Waals surface area contributed by atoms with Crippen LogP contribution in [0.2, 0.25) is 0 Å². The van der Waals surface area contributed by atoms with E-state index in [0.717, 1.165) is 0 Å². The van der Waals surface area contributed by atoms with Crippen LogP contribution in [0.15, 0.2) is 24.5 Å². The van der Waals surface area contributed by atoms with Crippen molar-refractivity contribution in [3.63, 3.8) is 0 Å². The van der Waals surface area contributed by atoms with Crippen LogP contribution in [0.5, 0.6) is 5.75 Å². The number of hydrogen-bond acceptors (Lipinski definition) is 3. The second-order valence-electron chi connectivity index (χ2n) is 3.86. The summed E-state index contributed by atoms with van der Waals surface area (Å²) in [4.78, 5) is 4.11. The minimum absolute atomic E-state index is 0.181. The van der Waals surface area contributed by atoms with Gasteiger partial charge in [0, 0.05) is 6.54 Å². The molecule has 4 nitrogen and oxygen atoms in total. The summed E-state index contributed by atoms with van der Waals surface area (Å²) in [5.41, 5.74) is 0.466. The lowest BCUT2D eigenvalue weighted by molar-refractivity contribution is 0.286. The van der Waals surface area contributed by atoms with E-state index < -0.39 is 0 Å². The van der Waals surface area contributed by atoms with Crippen LogP contribution in [-0.2, 0) is 13.2 Å². The quantitative estimate of drug-likeness (QED) is 0.642. The summed E-state index contributed by atoms with van der Waals surface area (Å²) < 4.78 is 20.6. The van der Waals surface area contributed by atoms with E-state index in [-0.39, 0.29) is 18.3 Å². The fourth-order valence-electron chi connectivity index (χ4n) is 1.66. The lowest BCUT2D eigenvalue weighted by Gasteiger charge is -2.08. The van der Waals surface area contributed by atoms with Gasteiger partial charge in [-0.3, -0.25) is 0 Å². The summed E-state index contributed by atoms with van der Waals surface area (Å²) in [6.07, 6.45) is 1.47. The van der Waals surface area contributed by atoms with Gasteiger partial charge in [0.2, 0.25) is 0 Å². The molecular weight excluding hydrogens is 281 g/mol. The number of benzene rings is 1. The summed E-state index contributed by atoms with van der Waals surface area (Å²) in [5.74, 6) is 6.47. The Labute approximate surface area is 121 Å². The van der Waals surface area contributed by atoms with Crippen molar-refractivity contribution in [1.29, 1.82) is 0 Å². The number of aryl methyl sites for hydroxylation is 1. The minimum atomic E-state index is -0.368. The van der Waals surface area contributed by atoms with Crippen LogP contribution < -0.4 is 4.74 Å². The largest absolute Gasteiger partial charge is 0.484 e. The number of aromatic nitrogens is 3. The van der Waals surface area contributed by atoms with Crippen LogP contribution in [0.25, 0.3) is 0 Å². The van der Waals surface area contributed by atoms with E-state index in [9.17, 15) is 4.39 Å². The summed E-state index contributed by atoms with van der Waals surface area (Å²) in [5, 5.41) is 4.05. The maximum Gasteiger partial charge on any atom is 0.164 e. The molecule has 1 aromatic heterocycles. The highest BCUT2D eigenvalue weighted by Gasteiger charge is 2.07. The Bertz CT molecular complexity index is 645. The first-order valence-electron chi connectivity index (χ1n) is 6.08. The van der Waals surface area contributed by atoms with Crippen molar-refractivity contribution in [1.82, 2.24) is 14.8 Å². The number of alkyl halides is 1. The molecule has 0 fully saturated rings. The molecule has 2 aromatic rings. The molecule has 0 atom stereocenters. The van der Waals surface area contributed by atoms with Crippen LogP contribution in [-0.4, -0.2) is 20.6 Å². The highest BCUT2D eigenvalue weighted by atomic mass is 35.5. The van der Waals surface area contributed by atoms with Crippen molar-refractivity contribution in [2.75, 3.05) is 5.88 Å². The van der Waals surface area contributed by atoms with Gasteiger partial charge in [0.1, 0.15) is 24.5 Å². The van der Waals surface area contributed by atoms with Crippen molar-refractivity contribution >= 4 is 11.6 Å². The van der Waals surface area contributed by atoms with Gasteiger partial charge in [0.15, 0.2) is 5.82 Å². The lowest BCUT2D eigenvalue weighted by atomic mass is 10.2. The molecule has 6 heteroatoms. The van der Waals surface area contributed by atoms with Gasteiger partial charge in [-0.15, -0.1) is 11.6 Å². The molecule has 0 N–H and O–H groups in total. The van der Waals surface area contributed by atoms with Crippen molar-refractivity contribution in [2.24, 2.45) is 0 Å². The molecule has 104 valence electrons. The number of hydrogen-bond donors (Lipinski definition) is 0. The number of rotatable bonds is 4. The maximum absolute atomic E-state index is 13.2. The van der Waals surface area contributed by atoms with E-state index >= 15 is 0 Å². The second kappa shape index (κ2) is 6.92. The molecule has 0 saturated carbocycles. The molecule has 0 radical (unpaired) electrons. The summed E-state index contributed by atoms with van der Waals surface area (Å²) >= 11 is 5.51. The first-order valence-corrected chi connectivity index (χ1v) is 6.62. The molecule has 0 bridgehead atoms. The third-order valence-electron chi connectivity index (χ3n) is 2.58. The monoisotopic (exact) mass is 293 g/mol. The predicted octanol–water partition coefficient (Wildman–Crippen LogP) is 2.61. The standard InChI is InChI=1S/C14H13ClFN3O/c1-2-19-14(17-10-18-19)9-20-13-6-5-12(16)8-11(13)4-3-7-15/h5-6,8,10H,2,7,9H2,1H3.